The smallest absolute Gasteiger partial charge is 0.211 e. The molecule has 9 rings (SSSR count). The van der Waals surface area contributed by atoms with Gasteiger partial charge in [-0.3, -0.25) is 0 Å². The number of fused-ring (bicyclic) bond motifs is 6. The topological polar surface area (TPSA) is 9.29 Å². The van der Waals surface area contributed by atoms with Crippen LogP contribution >= 0.6 is 11.3 Å². The third-order valence-corrected chi connectivity index (χ3v) is 15.5. The van der Waals surface area contributed by atoms with E-state index in [0.717, 1.165) is 27.5 Å². The molecule has 2 heterocycles. The molecule has 0 saturated carbocycles. The lowest BCUT2D eigenvalue weighted by atomic mass is 10.1. The lowest BCUT2D eigenvalue weighted by Gasteiger charge is -2.34. The Bertz CT molecular complexity index is 2530. The van der Waals surface area contributed by atoms with Gasteiger partial charge in [0.25, 0.3) is 0 Å². The second-order valence-corrected chi connectivity index (χ2v) is 16.9. The van der Waals surface area contributed by atoms with Gasteiger partial charge in [-0.15, -0.1) is 11.3 Å². The summed E-state index contributed by atoms with van der Waals surface area (Å²) >= 11 is 1.85. The molecule has 0 N–H and O–H groups in total. The predicted octanol–water partition coefficient (Wildman–Crippen LogP) is 9.08. The molecular weight excluding hydrogens is 605 g/mol. The molecule has 0 saturated heterocycles. The van der Waals surface area contributed by atoms with Gasteiger partial charge in [-0.2, -0.15) is 0 Å². The summed E-state index contributed by atoms with van der Waals surface area (Å²) in [6.45, 7) is 7.98. The molecule has 9 aromatic rings. The maximum Gasteiger partial charge on any atom is 0.211 e. The molecule has 2 aromatic heterocycles. The Morgan fingerprint density at radius 3 is 1.66 bits per heavy atom. The Morgan fingerprint density at radius 2 is 1.02 bits per heavy atom. The molecule has 0 unspecified atom stereocenters. The zero-order valence-corrected chi connectivity index (χ0v) is 27.3. The number of benzene rings is 7. The van der Waals surface area contributed by atoms with E-state index < -0.39 is 8.07 Å². The van der Waals surface area contributed by atoms with E-state index in [4.69, 9.17) is 6.57 Å². The van der Waals surface area contributed by atoms with Crippen LogP contribution in [0.2, 0.25) is 0 Å². The summed E-state index contributed by atoms with van der Waals surface area (Å²) in [7, 11) is -2.66. The van der Waals surface area contributed by atoms with Crippen molar-refractivity contribution in [2.45, 2.75) is 0 Å². The standard InChI is InChI=1S/C43H28N2SSi/c1-44-39-22-13-21-36-35-20-11-12-23-40(35)45(43(36)39)30-24-26-41-37(28-30)38-29-34(25-27-42(38)46-41)47(31-14-5-2-6-15-31,32-16-7-3-8-17-32)33-18-9-4-10-19-33/h2-29H. The van der Waals surface area contributed by atoms with Crippen LogP contribution in [0, 0.1) is 6.57 Å². The summed E-state index contributed by atoms with van der Waals surface area (Å²) in [6, 6.07) is 61.9. The Hall–Kier alpha value is -5.73. The normalized spacial score (nSPS) is 11.8. The number of nitrogens with zero attached hydrogens (tertiary/aromatic N) is 2. The maximum absolute atomic E-state index is 7.98. The molecule has 7 aromatic carbocycles. The van der Waals surface area contributed by atoms with Gasteiger partial charge < -0.3 is 4.57 Å². The lowest BCUT2D eigenvalue weighted by Crippen LogP contribution is -2.74. The van der Waals surface area contributed by atoms with E-state index in [1.807, 2.05) is 23.5 Å². The zero-order valence-electron chi connectivity index (χ0n) is 25.5. The molecule has 4 heteroatoms. The molecule has 0 radical (unpaired) electrons. The van der Waals surface area contributed by atoms with Gasteiger partial charge in [-0.1, -0.05) is 140 Å². The van der Waals surface area contributed by atoms with Crippen molar-refractivity contribution in [2.24, 2.45) is 0 Å². The van der Waals surface area contributed by atoms with E-state index in [2.05, 4.69) is 167 Å². The van der Waals surface area contributed by atoms with Gasteiger partial charge in [0.05, 0.1) is 17.6 Å². The average Bonchev–Trinajstić information content (AvgIpc) is 3.68. The van der Waals surface area contributed by atoms with Crippen LogP contribution in [0.4, 0.5) is 5.69 Å². The molecule has 0 spiro atoms. The maximum atomic E-state index is 7.98. The fourth-order valence-electron chi connectivity index (χ4n) is 7.56. The zero-order chi connectivity index (χ0) is 31.4. The number of para-hydroxylation sites is 2. The molecule has 0 amide bonds. The second kappa shape index (κ2) is 11.0. The molecule has 0 bridgehead atoms. The Kier molecular flexibility index (Phi) is 6.43. The van der Waals surface area contributed by atoms with Crippen LogP contribution in [0.1, 0.15) is 0 Å². The molecule has 2 nitrogen and oxygen atoms in total. The largest absolute Gasteiger partial charge is 0.319 e. The minimum Gasteiger partial charge on any atom is -0.319 e. The van der Waals surface area contributed by atoms with E-state index in [-0.39, 0.29) is 0 Å². The van der Waals surface area contributed by atoms with Crippen molar-refractivity contribution in [1.29, 1.82) is 0 Å². The van der Waals surface area contributed by atoms with Crippen molar-refractivity contribution in [3.05, 3.63) is 181 Å². The first-order valence-electron chi connectivity index (χ1n) is 15.8. The summed E-state index contributed by atoms with van der Waals surface area (Å²) in [5, 5.41) is 10.3. The third kappa shape index (κ3) is 4.15. The number of aromatic nitrogens is 1. The van der Waals surface area contributed by atoms with Crippen LogP contribution in [0.5, 0.6) is 0 Å². The number of hydrogen-bond donors (Lipinski definition) is 0. The van der Waals surface area contributed by atoms with E-state index in [1.165, 1.54) is 40.9 Å². The molecule has 220 valence electrons. The third-order valence-electron chi connectivity index (χ3n) is 9.56. The summed E-state index contributed by atoms with van der Waals surface area (Å²) in [4.78, 5) is 3.94. The highest BCUT2D eigenvalue weighted by atomic mass is 32.1. The van der Waals surface area contributed by atoms with E-state index >= 15 is 0 Å². The quantitative estimate of drug-likeness (QED) is 0.102. The molecule has 0 aliphatic carbocycles. The van der Waals surface area contributed by atoms with E-state index in [1.54, 1.807) is 0 Å². The first kappa shape index (κ1) is 27.6. The van der Waals surface area contributed by atoms with Crippen LogP contribution < -0.4 is 20.7 Å². The fourth-order valence-corrected chi connectivity index (χ4v) is 13.4. The van der Waals surface area contributed by atoms with Crippen molar-refractivity contribution in [3.8, 4) is 5.69 Å². The molecular formula is C43H28N2SSi. The van der Waals surface area contributed by atoms with E-state index in [0.29, 0.717) is 5.69 Å². The SMILES string of the molecule is [C-]#[N+]c1cccc2c3ccccc3n(-c3ccc4sc5ccc([Si](c6ccccc6)(c6ccccc6)c6ccccc6)cc5c4c3)c12. The number of hydrogen-bond acceptors (Lipinski definition) is 1. The molecule has 47 heavy (non-hydrogen) atoms. The predicted molar refractivity (Wildman–Crippen MR) is 204 cm³/mol. The Labute approximate surface area is 278 Å². The van der Waals surface area contributed by atoms with Crippen LogP contribution in [-0.2, 0) is 0 Å². The number of rotatable bonds is 5. The van der Waals surface area contributed by atoms with Gasteiger partial charge in [-0.25, -0.2) is 4.85 Å². The monoisotopic (exact) mass is 632 g/mol. The van der Waals surface area contributed by atoms with Gasteiger partial charge >= 0.3 is 0 Å². The van der Waals surface area contributed by atoms with Crippen LogP contribution in [0.25, 0.3) is 52.5 Å². The van der Waals surface area contributed by atoms with Crippen molar-refractivity contribution >= 4 is 87.8 Å². The van der Waals surface area contributed by atoms with Gasteiger partial charge in [0.15, 0.2) is 8.07 Å². The molecule has 0 aliphatic rings. The van der Waals surface area contributed by atoms with Gasteiger partial charge in [0.2, 0.25) is 5.69 Å². The average molecular weight is 633 g/mol. The van der Waals surface area contributed by atoms with Gasteiger partial charge in [0, 0.05) is 31.2 Å². The molecule has 0 fully saturated rings. The van der Waals surface area contributed by atoms with Crippen molar-refractivity contribution < 1.29 is 0 Å². The highest BCUT2D eigenvalue weighted by Gasteiger charge is 2.41. The van der Waals surface area contributed by atoms with Gasteiger partial charge in [-0.05, 0) is 56.5 Å². The van der Waals surface area contributed by atoms with Crippen molar-refractivity contribution in [1.82, 2.24) is 4.57 Å². The lowest BCUT2D eigenvalue weighted by molar-refractivity contribution is 1.19. The van der Waals surface area contributed by atoms with Crippen LogP contribution in [-0.4, -0.2) is 12.6 Å². The highest BCUT2D eigenvalue weighted by molar-refractivity contribution is 7.26. The minimum absolute atomic E-state index is 0.667. The van der Waals surface area contributed by atoms with Crippen LogP contribution in [0.3, 0.4) is 0 Å². The first-order valence-corrected chi connectivity index (χ1v) is 18.6. The summed E-state index contributed by atoms with van der Waals surface area (Å²) in [5.41, 5.74) is 3.82. The Balaban J connectivity index is 1.35. The van der Waals surface area contributed by atoms with Crippen LogP contribution in [0.15, 0.2) is 170 Å². The van der Waals surface area contributed by atoms with Crippen molar-refractivity contribution in [3.63, 3.8) is 0 Å². The summed E-state index contributed by atoms with van der Waals surface area (Å²) in [5.74, 6) is 0. The highest BCUT2D eigenvalue weighted by Crippen LogP contribution is 2.40. The fraction of sp³-hybridized carbons (Fsp3) is 0. The van der Waals surface area contributed by atoms with Gasteiger partial charge in [0.1, 0.15) is 0 Å². The minimum atomic E-state index is -2.66. The molecule has 0 atom stereocenters. The first-order chi connectivity index (χ1) is 23.3. The molecule has 0 aliphatic heterocycles. The Morgan fingerprint density at radius 1 is 0.468 bits per heavy atom. The summed E-state index contributed by atoms with van der Waals surface area (Å²) in [6.07, 6.45) is 0. The van der Waals surface area contributed by atoms with E-state index in [9.17, 15) is 0 Å². The second-order valence-electron chi connectivity index (χ2n) is 12.0. The number of thiophene rings is 1. The summed E-state index contributed by atoms with van der Waals surface area (Å²) < 4.78 is 4.82. The van der Waals surface area contributed by atoms with Crippen molar-refractivity contribution in [2.75, 3.05) is 0 Å².